The molecule has 0 spiro atoms. The molecule has 0 aromatic heterocycles. The number of methoxy groups -OCH3 is 3. The Morgan fingerprint density at radius 2 is 1.00 bits per heavy atom. The third-order valence-corrected chi connectivity index (χ3v) is 9.92. The van der Waals surface area contributed by atoms with Gasteiger partial charge in [-0.05, 0) is 99.0 Å². The van der Waals surface area contributed by atoms with Crippen LogP contribution in [0.15, 0.2) is 125 Å². The summed E-state index contributed by atoms with van der Waals surface area (Å²) in [6.45, 7) is 6.87. The molecule has 0 bridgehead atoms. The summed E-state index contributed by atoms with van der Waals surface area (Å²) < 4.78 is 80.8. The van der Waals surface area contributed by atoms with Crippen molar-refractivity contribution < 1.29 is 35.8 Å². The molecule has 0 radical (unpaired) electrons. The van der Waals surface area contributed by atoms with Gasteiger partial charge in [-0.1, -0.05) is 71.8 Å². The number of hydrogen-bond acceptors (Lipinski definition) is 6. The van der Waals surface area contributed by atoms with E-state index >= 15 is 0 Å². The second-order valence-corrected chi connectivity index (χ2v) is 13.4. The minimum atomic E-state index is -4.39. The maximum atomic E-state index is 13.7. The topological polar surface area (TPSA) is 85.6 Å². The molecule has 0 aliphatic rings. The van der Waals surface area contributed by atoms with Crippen LogP contribution in [0.5, 0.6) is 17.2 Å². The van der Waals surface area contributed by atoms with Crippen LogP contribution in [-0.4, -0.2) is 35.9 Å². The number of ether oxygens (including phenoxy) is 3. The second kappa shape index (κ2) is 16.9. The highest BCUT2D eigenvalue weighted by atomic mass is 32.2. The molecule has 262 valence electrons. The first-order valence-electron chi connectivity index (χ1n) is 15.4. The summed E-state index contributed by atoms with van der Waals surface area (Å²) in [6, 6.07) is 33.3. The van der Waals surface area contributed by atoms with Gasteiger partial charge in [-0.15, -0.1) is 0 Å². The van der Waals surface area contributed by atoms with Crippen molar-refractivity contribution in [1.82, 2.24) is 0 Å². The molecule has 50 heavy (non-hydrogen) atoms. The SMILES string of the molecule is COc1ccc(C(C)(c2ccc(C)cc2)C(F)(F)F)cc1.COc1ccc(S(=O)(=O)c2ccc(C)cc2)cc1.COc1cccc(C)c1C#N. The summed E-state index contributed by atoms with van der Waals surface area (Å²) in [5.74, 6) is 1.82. The van der Waals surface area contributed by atoms with Crippen molar-refractivity contribution in [1.29, 1.82) is 5.26 Å². The van der Waals surface area contributed by atoms with Crippen LogP contribution in [0.2, 0.25) is 0 Å². The van der Waals surface area contributed by atoms with Gasteiger partial charge in [0, 0.05) is 0 Å². The third-order valence-electron chi connectivity index (χ3n) is 8.13. The molecule has 5 aromatic carbocycles. The highest BCUT2D eigenvalue weighted by Gasteiger charge is 2.53. The highest BCUT2D eigenvalue weighted by molar-refractivity contribution is 7.91. The van der Waals surface area contributed by atoms with E-state index in [9.17, 15) is 21.6 Å². The summed E-state index contributed by atoms with van der Waals surface area (Å²) in [5, 5.41) is 8.70. The Balaban J connectivity index is 0.000000212. The number of sulfone groups is 1. The van der Waals surface area contributed by atoms with E-state index in [2.05, 4.69) is 6.07 Å². The van der Waals surface area contributed by atoms with Crippen LogP contribution in [-0.2, 0) is 15.3 Å². The molecule has 0 saturated carbocycles. The predicted molar refractivity (Wildman–Crippen MR) is 189 cm³/mol. The first kappa shape index (κ1) is 39.2. The number of nitriles is 1. The fraction of sp³-hybridized carbons (Fsp3) is 0.225. The van der Waals surface area contributed by atoms with Crippen LogP contribution in [0, 0.1) is 32.1 Å². The molecule has 5 aromatic rings. The van der Waals surface area contributed by atoms with Gasteiger partial charge in [-0.2, -0.15) is 18.4 Å². The molecule has 5 rings (SSSR count). The Kier molecular flexibility index (Phi) is 13.2. The fourth-order valence-corrected chi connectivity index (χ4v) is 6.13. The molecule has 0 N–H and O–H groups in total. The van der Waals surface area contributed by atoms with Gasteiger partial charge >= 0.3 is 6.18 Å². The second-order valence-electron chi connectivity index (χ2n) is 11.5. The summed E-state index contributed by atoms with van der Waals surface area (Å²) in [4.78, 5) is 0.574. The minimum absolute atomic E-state index is 0.194. The predicted octanol–water partition coefficient (Wildman–Crippen LogP) is 9.58. The number of nitrogens with zero attached hydrogens (tertiary/aromatic N) is 1. The summed E-state index contributed by atoms with van der Waals surface area (Å²) in [5.41, 5.74) is 1.90. The van der Waals surface area contributed by atoms with Crippen LogP contribution >= 0.6 is 0 Å². The third kappa shape index (κ3) is 9.24. The lowest BCUT2D eigenvalue weighted by Crippen LogP contribution is -2.40. The molecule has 0 fully saturated rings. The smallest absolute Gasteiger partial charge is 0.402 e. The zero-order chi connectivity index (χ0) is 37.1. The van der Waals surface area contributed by atoms with E-state index in [1.54, 1.807) is 93.1 Å². The summed E-state index contributed by atoms with van der Waals surface area (Å²) >= 11 is 0. The van der Waals surface area contributed by atoms with E-state index < -0.39 is 21.4 Å². The van der Waals surface area contributed by atoms with Gasteiger partial charge in [-0.25, -0.2) is 8.42 Å². The van der Waals surface area contributed by atoms with E-state index in [1.807, 2.05) is 32.9 Å². The summed E-state index contributed by atoms with van der Waals surface area (Å²) in [7, 11) is 1.16. The Hall–Kier alpha value is -5.27. The van der Waals surface area contributed by atoms with Crippen molar-refractivity contribution in [3.8, 4) is 23.3 Å². The largest absolute Gasteiger partial charge is 0.497 e. The van der Waals surface area contributed by atoms with Crippen molar-refractivity contribution in [2.24, 2.45) is 0 Å². The zero-order valence-electron chi connectivity index (χ0n) is 29.0. The minimum Gasteiger partial charge on any atom is -0.497 e. The zero-order valence-corrected chi connectivity index (χ0v) is 29.8. The number of rotatable bonds is 7. The first-order valence-corrected chi connectivity index (χ1v) is 16.9. The van der Waals surface area contributed by atoms with E-state index in [0.29, 0.717) is 27.7 Å². The van der Waals surface area contributed by atoms with Crippen molar-refractivity contribution in [2.45, 2.75) is 49.1 Å². The van der Waals surface area contributed by atoms with Crippen molar-refractivity contribution >= 4 is 9.84 Å². The quantitative estimate of drug-likeness (QED) is 0.168. The molecule has 0 heterocycles. The maximum Gasteiger partial charge on any atom is 0.402 e. The van der Waals surface area contributed by atoms with Crippen LogP contribution in [0.4, 0.5) is 13.2 Å². The lowest BCUT2D eigenvalue weighted by atomic mass is 9.75. The first-order chi connectivity index (χ1) is 23.6. The lowest BCUT2D eigenvalue weighted by molar-refractivity contribution is -0.173. The standard InChI is InChI=1S/C17H17F3O.C14H14O3S.C9H9NO/c1-12-4-6-13(7-5-12)16(2,17(18,19)20)14-8-10-15(21-3)11-9-14;1-11-3-7-13(8-4-11)18(15,16)14-9-5-12(17-2)6-10-14;1-7-4-3-5-9(11-2)8(7)6-10/h4-11H,1-3H3;3-10H,1-2H3;3-5H,1-2H3. The Bertz CT molecular complexity index is 1990. The molecule has 0 aliphatic heterocycles. The molecule has 1 unspecified atom stereocenters. The van der Waals surface area contributed by atoms with Crippen LogP contribution in [0.25, 0.3) is 0 Å². The number of benzene rings is 5. The highest BCUT2D eigenvalue weighted by Crippen LogP contribution is 2.46. The number of alkyl halides is 3. The maximum absolute atomic E-state index is 13.7. The van der Waals surface area contributed by atoms with Gasteiger partial charge in [0.1, 0.15) is 28.7 Å². The Morgan fingerprint density at radius 1 is 0.600 bits per heavy atom. The number of hydrogen-bond donors (Lipinski definition) is 0. The fourth-order valence-electron chi connectivity index (χ4n) is 4.87. The van der Waals surface area contributed by atoms with E-state index in [0.717, 1.165) is 16.7 Å². The van der Waals surface area contributed by atoms with Gasteiger partial charge < -0.3 is 14.2 Å². The van der Waals surface area contributed by atoms with Crippen LogP contribution in [0.1, 0.15) is 40.3 Å². The molecule has 10 heteroatoms. The molecular formula is C40H40F3NO5S. The molecule has 0 aliphatic carbocycles. The molecule has 6 nitrogen and oxygen atoms in total. The number of aryl methyl sites for hydroxylation is 3. The van der Waals surface area contributed by atoms with Crippen molar-refractivity contribution in [2.75, 3.05) is 21.3 Å². The number of halogens is 3. The molecular weight excluding hydrogens is 664 g/mol. The Labute approximate surface area is 292 Å². The lowest BCUT2D eigenvalue weighted by Gasteiger charge is -2.33. The van der Waals surface area contributed by atoms with E-state index in [1.165, 1.54) is 38.3 Å². The van der Waals surface area contributed by atoms with E-state index in [4.69, 9.17) is 19.5 Å². The van der Waals surface area contributed by atoms with Crippen molar-refractivity contribution in [3.05, 3.63) is 149 Å². The van der Waals surface area contributed by atoms with Gasteiger partial charge in [0.2, 0.25) is 9.84 Å². The average molecular weight is 704 g/mol. The molecule has 0 amide bonds. The van der Waals surface area contributed by atoms with Crippen LogP contribution < -0.4 is 14.2 Å². The average Bonchev–Trinajstić information content (AvgIpc) is 3.11. The summed E-state index contributed by atoms with van der Waals surface area (Å²) in [6.07, 6.45) is -4.39. The molecule has 1 atom stereocenters. The normalized spacial score (nSPS) is 12.1. The van der Waals surface area contributed by atoms with Crippen LogP contribution in [0.3, 0.4) is 0 Å². The van der Waals surface area contributed by atoms with Gasteiger partial charge in [0.25, 0.3) is 0 Å². The van der Waals surface area contributed by atoms with Gasteiger partial charge in [-0.3, -0.25) is 0 Å². The van der Waals surface area contributed by atoms with Gasteiger partial charge in [0.15, 0.2) is 0 Å². The molecule has 0 saturated heterocycles. The van der Waals surface area contributed by atoms with Gasteiger partial charge in [0.05, 0.1) is 36.7 Å². The van der Waals surface area contributed by atoms with E-state index in [-0.39, 0.29) is 16.0 Å². The monoisotopic (exact) mass is 703 g/mol. The Morgan fingerprint density at radius 3 is 1.38 bits per heavy atom. The van der Waals surface area contributed by atoms with Crippen molar-refractivity contribution in [3.63, 3.8) is 0 Å².